The molecular weight excluding hydrogens is 247 g/mol. The van der Waals surface area contributed by atoms with Crippen molar-refractivity contribution < 1.29 is 0 Å². The Morgan fingerprint density at radius 1 is 1.12 bits per heavy atom. The van der Waals surface area contributed by atoms with Crippen molar-refractivity contribution >= 4 is 24.8 Å². The first-order valence-electron chi connectivity index (χ1n) is 4.50. The molecule has 16 heavy (non-hydrogen) atoms. The van der Waals surface area contributed by atoms with Gasteiger partial charge in [-0.25, -0.2) is 4.98 Å². The first-order chi connectivity index (χ1) is 6.90. The van der Waals surface area contributed by atoms with Gasteiger partial charge in [-0.3, -0.25) is 4.98 Å². The number of nitrogens with zero attached hydrogens (tertiary/aromatic N) is 3. The minimum atomic E-state index is 0. The maximum absolute atomic E-state index is 5.54. The van der Waals surface area contributed by atoms with E-state index in [0.29, 0.717) is 6.54 Å². The van der Waals surface area contributed by atoms with Crippen LogP contribution in [0.2, 0.25) is 0 Å². The van der Waals surface area contributed by atoms with Crippen LogP contribution in [0, 0.1) is 0 Å². The zero-order valence-electron chi connectivity index (χ0n) is 8.61. The molecule has 2 N–H and O–H groups in total. The van der Waals surface area contributed by atoms with Gasteiger partial charge in [0.2, 0.25) is 0 Å². The van der Waals surface area contributed by atoms with Gasteiger partial charge in [0.05, 0.1) is 18.8 Å². The summed E-state index contributed by atoms with van der Waals surface area (Å²) >= 11 is 0. The summed E-state index contributed by atoms with van der Waals surface area (Å²) in [6.45, 7) is 1.19. The van der Waals surface area contributed by atoms with Crippen molar-refractivity contribution in [3.05, 3.63) is 48.3 Å². The number of nitrogens with two attached hydrogens (primary N) is 1. The normalized spacial score (nSPS) is 9.06. The fraction of sp³-hybridized carbons (Fsp3) is 0.200. The van der Waals surface area contributed by atoms with E-state index in [9.17, 15) is 0 Å². The number of hydrogen-bond acceptors (Lipinski definition) is 3. The summed E-state index contributed by atoms with van der Waals surface area (Å²) in [5.74, 6) is 0.885. The van der Waals surface area contributed by atoms with Crippen molar-refractivity contribution in [3.63, 3.8) is 0 Å². The number of halogens is 2. The molecule has 0 saturated heterocycles. The molecule has 0 aromatic carbocycles. The Balaban J connectivity index is 0.00000112. The molecule has 0 atom stereocenters. The Labute approximate surface area is 107 Å². The first-order valence-corrected chi connectivity index (χ1v) is 4.50. The predicted molar refractivity (Wildman–Crippen MR) is 68.0 cm³/mol. The lowest BCUT2D eigenvalue weighted by molar-refractivity contribution is 0.709. The average molecular weight is 261 g/mol. The van der Waals surface area contributed by atoms with Crippen LogP contribution in [0.25, 0.3) is 0 Å². The van der Waals surface area contributed by atoms with Crippen molar-refractivity contribution in [1.82, 2.24) is 14.5 Å². The minimum Gasteiger partial charge on any atom is -0.328 e. The molecule has 0 spiro atoms. The number of imidazole rings is 1. The van der Waals surface area contributed by atoms with Gasteiger partial charge < -0.3 is 10.3 Å². The van der Waals surface area contributed by atoms with E-state index in [0.717, 1.165) is 18.1 Å². The molecule has 2 aromatic rings. The zero-order valence-corrected chi connectivity index (χ0v) is 10.2. The lowest BCUT2D eigenvalue weighted by Gasteiger charge is -2.04. The summed E-state index contributed by atoms with van der Waals surface area (Å²) in [6, 6.07) is 5.86. The van der Waals surface area contributed by atoms with Gasteiger partial charge in [-0.1, -0.05) is 6.07 Å². The van der Waals surface area contributed by atoms with Crippen LogP contribution in [-0.2, 0) is 13.1 Å². The summed E-state index contributed by atoms with van der Waals surface area (Å²) < 4.78 is 2.00. The van der Waals surface area contributed by atoms with Gasteiger partial charge in [-0.15, -0.1) is 24.8 Å². The van der Waals surface area contributed by atoms with Crippen molar-refractivity contribution in [2.24, 2.45) is 5.73 Å². The van der Waals surface area contributed by atoms with Gasteiger partial charge in [0.15, 0.2) is 0 Å². The molecule has 0 aliphatic heterocycles. The molecule has 0 saturated carbocycles. The second-order valence-corrected chi connectivity index (χ2v) is 3.00. The summed E-state index contributed by atoms with van der Waals surface area (Å²) in [7, 11) is 0. The highest BCUT2D eigenvalue weighted by atomic mass is 35.5. The smallest absolute Gasteiger partial charge is 0.122 e. The molecule has 4 nitrogen and oxygen atoms in total. The average Bonchev–Trinajstić information content (AvgIpc) is 2.67. The third-order valence-electron chi connectivity index (χ3n) is 2.04. The number of hydrogen-bond donors (Lipinski definition) is 1. The predicted octanol–water partition coefficient (Wildman–Crippen LogP) is 1.63. The summed E-state index contributed by atoms with van der Waals surface area (Å²) in [4.78, 5) is 8.38. The van der Waals surface area contributed by atoms with Gasteiger partial charge in [-0.05, 0) is 12.1 Å². The number of rotatable bonds is 3. The van der Waals surface area contributed by atoms with E-state index >= 15 is 0 Å². The van der Waals surface area contributed by atoms with Gasteiger partial charge in [-0.2, -0.15) is 0 Å². The molecule has 88 valence electrons. The molecule has 0 bridgehead atoms. The largest absolute Gasteiger partial charge is 0.328 e. The molecule has 0 fully saturated rings. The van der Waals surface area contributed by atoms with Crippen LogP contribution in [0.15, 0.2) is 36.8 Å². The van der Waals surface area contributed by atoms with Gasteiger partial charge in [0.1, 0.15) is 5.82 Å². The van der Waals surface area contributed by atoms with Crippen LogP contribution in [0.3, 0.4) is 0 Å². The lowest BCUT2D eigenvalue weighted by atomic mass is 10.3. The Hall–Kier alpha value is -1.10. The number of pyridine rings is 1. The van der Waals surface area contributed by atoms with Crippen LogP contribution >= 0.6 is 24.8 Å². The van der Waals surface area contributed by atoms with E-state index in [4.69, 9.17) is 5.73 Å². The van der Waals surface area contributed by atoms with E-state index in [2.05, 4.69) is 9.97 Å². The van der Waals surface area contributed by atoms with Crippen LogP contribution in [-0.4, -0.2) is 14.5 Å². The SMILES string of the molecule is Cl.Cl.NCc1nccn1Cc1ccccn1. The Morgan fingerprint density at radius 2 is 1.94 bits per heavy atom. The van der Waals surface area contributed by atoms with E-state index in [1.807, 2.05) is 29.0 Å². The quantitative estimate of drug-likeness (QED) is 0.913. The fourth-order valence-electron chi connectivity index (χ4n) is 1.34. The van der Waals surface area contributed by atoms with E-state index < -0.39 is 0 Å². The van der Waals surface area contributed by atoms with Crippen LogP contribution < -0.4 is 5.73 Å². The Bertz CT molecular complexity index is 402. The van der Waals surface area contributed by atoms with Crippen molar-refractivity contribution in [1.29, 1.82) is 0 Å². The van der Waals surface area contributed by atoms with Crippen LogP contribution in [0.4, 0.5) is 0 Å². The highest BCUT2D eigenvalue weighted by Gasteiger charge is 2.00. The molecule has 2 aromatic heterocycles. The van der Waals surface area contributed by atoms with Crippen molar-refractivity contribution in [2.45, 2.75) is 13.1 Å². The summed E-state index contributed by atoms with van der Waals surface area (Å²) in [6.07, 6.45) is 5.45. The van der Waals surface area contributed by atoms with Gasteiger partial charge in [0, 0.05) is 18.6 Å². The van der Waals surface area contributed by atoms with Crippen LogP contribution in [0.5, 0.6) is 0 Å². The maximum Gasteiger partial charge on any atom is 0.122 e. The second-order valence-electron chi connectivity index (χ2n) is 3.00. The number of aromatic nitrogens is 3. The molecule has 2 rings (SSSR count). The fourth-order valence-corrected chi connectivity index (χ4v) is 1.34. The standard InChI is InChI=1S/C10H12N4.2ClH/c11-7-10-13-5-6-14(10)8-9-3-1-2-4-12-9;;/h1-6H,7-8,11H2;2*1H. The molecule has 0 aliphatic rings. The highest BCUT2D eigenvalue weighted by Crippen LogP contribution is 2.01. The molecule has 6 heteroatoms. The molecular formula is C10H14Cl2N4. The Kier molecular flexibility index (Phi) is 6.72. The third-order valence-corrected chi connectivity index (χ3v) is 2.04. The molecule has 0 unspecified atom stereocenters. The van der Waals surface area contributed by atoms with Gasteiger partial charge in [0.25, 0.3) is 0 Å². The monoisotopic (exact) mass is 260 g/mol. The topological polar surface area (TPSA) is 56.7 Å². The van der Waals surface area contributed by atoms with Crippen molar-refractivity contribution in [3.8, 4) is 0 Å². The summed E-state index contributed by atoms with van der Waals surface area (Å²) in [5.41, 5.74) is 6.56. The lowest BCUT2D eigenvalue weighted by Crippen LogP contribution is -2.09. The third kappa shape index (κ3) is 3.48. The van der Waals surface area contributed by atoms with Crippen LogP contribution in [0.1, 0.15) is 11.5 Å². The summed E-state index contributed by atoms with van der Waals surface area (Å²) in [5, 5.41) is 0. The Morgan fingerprint density at radius 3 is 2.56 bits per heavy atom. The zero-order chi connectivity index (χ0) is 9.80. The van der Waals surface area contributed by atoms with E-state index in [1.54, 1.807) is 12.4 Å². The molecule has 0 aliphatic carbocycles. The first kappa shape index (κ1) is 14.9. The maximum atomic E-state index is 5.54. The molecule has 0 amide bonds. The van der Waals surface area contributed by atoms with Gasteiger partial charge >= 0.3 is 0 Å². The van der Waals surface area contributed by atoms with E-state index in [1.165, 1.54) is 0 Å². The molecule has 2 heterocycles. The van der Waals surface area contributed by atoms with Crippen molar-refractivity contribution in [2.75, 3.05) is 0 Å². The highest BCUT2D eigenvalue weighted by molar-refractivity contribution is 5.85. The van der Waals surface area contributed by atoms with E-state index in [-0.39, 0.29) is 24.8 Å². The minimum absolute atomic E-state index is 0. The second kappa shape index (κ2) is 7.22. The molecule has 0 radical (unpaired) electrons.